The predicted octanol–water partition coefficient (Wildman–Crippen LogP) is 2.77. The lowest BCUT2D eigenvalue weighted by Gasteiger charge is -2.20. The van der Waals surface area contributed by atoms with E-state index in [0.29, 0.717) is 28.9 Å². The Kier molecular flexibility index (Phi) is 5.16. The fourth-order valence-electron chi connectivity index (χ4n) is 4.17. The zero-order chi connectivity index (χ0) is 18.0. The standard InChI is InChI=1S/C19H25NO5/c1-24-11-7-8-14(16(9-11)25-2)15(10-17(21)22)20-19(23)18-12-5-3-4-6-13(12)18/h7-9,12-13,15,18H,3-6,10H2,1-2H3,(H,20,23)(H,21,22). The Hall–Kier alpha value is -2.24. The third-order valence-electron chi connectivity index (χ3n) is 5.47. The molecule has 0 aliphatic heterocycles. The number of rotatable bonds is 7. The Morgan fingerprint density at radius 1 is 1.20 bits per heavy atom. The van der Waals surface area contributed by atoms with Gasteiger partial charge in [-0.05, 0) is 36.8 Å². The van der Waals surface area contributed by atoms with E-state index in [4.69, 9.17) is 9.47 Å². The number of aliphatic carboxylic acids is 1. The van der Waals surface area contributed by atoms with Gasteiger partial charge in [0.2, 0.25) is 5.91 Å². The molecule has 3 rings (SSSR count). The summed E-state index contributed by atoms with van der Waals surface area (Å²) in [5.41, 5.74) is 0.655. The van der Waals surface area contributed by atoms with Crippen molar-refractivity contribution < 1.29 is 24.2 Å². The monoisotopic (exact) mass is 347 g/mol. The number of carbonyl (C=O) groups is 2. The van der Waals surface area contributed by atoms with Gasteiger partial charge in [-0.1, -0.05) is 12.8 Å². The van der Waals surface area contributed by atoms with Gasteiger partial charge in [0, 0.05) is 17.5 Å². The van der Waals surface area contributed by atoms with Crippen LogP contribution in [-0.4, -0.2) is 31.2 Å². The van der Waals surface area contributed by atoms with E-state index in [-0.39, 0.29) is 18.2 Å². The van der Waals surface area contributed by atoms with E-state index in [9.17, 15) is 14.7 Å². The highest BCUT2D eigenvalue weighted by atomic mass is 16.5. The number of nitrogens with one attached hydrogen (secondary N) is 1. The van der Waals surface area contributed by atoms with Crippen LogP contribution in [0.15, 0.2) is 18.2 Å². The minimum Gasteiger partial charge on any atom is -0.497 e. The highest BCUT2D eigenvalue weighted by Crippen LogP contribution is 2.55. The van der Waals surface area contributed by atoms with E-state index in [1.54, 1.807) is 25.3 Å². The largest absolute Gasteiger partial charge is 0.497 e. The zero-order valence-electron chi connectivity index (χ0n) is 14.7. The summed E-state index contributed by atoms with van der Waals surface area (Å²) in [7, 11) is 3.08. The summed E-state index contributed by atoms with van der Waals surface area (Å²) >= 11 is 0. The maximum absolute atomic E-state index is 12.7. The zero-order valence-corrected chi connectivity index (χ0v) is 14.7. The molecule has 1 aromatic carbocycles. The molecular weight excluding hydrogens is 322 g/mol. The molecule has 1 aromatic rings. The summed E-state index contributed by atoms with van der Waals surface area (Å²) in [5.74, 6) is 1.16. The minimum atomic E-state index is -0.962. The first-order valence-corrected chi connectivity index (χ1v) is 8.79. The van der Waals surface area contributed by atoms with Gasteiger partial charge in [0.05, 0.1) is 26.7 Å². The topological polar surface area (TPSA) is 84.9 Å². The van der Waals surface area contributed by atoms with Crippen molar-refractivity contribution in [2.75, 3.05) is 14.2 Å². The lowest BCUT2D eigenvalue weighted by Crippen LogP contribution is -2.32. The van der Waals surface area contributed by atoms with Crippen molar-refractivity contribution >= 4 is 11.9 Å². The molecule has 1 amide bonds. The van der Waals surface area contributed by atoms with Crippen molar-refractivity contribution in [3.05, 3.63) is 23.8 Å². The summed E-state index contributed by atoms with van der Waals surface area (Å²) in [4.78, 5) is 24.0. The van der Waals surface area contributed by atoms with Crippen molar-refractivity contribution in [1.82, 2.24) is 5.32 Å². The van der Waals surface area contributed by atoms with Crippen LogP contribution in [0.1, 0.15) is 43.7 Å². The van der Waals surface area contributed by atoms with E-state index in [0.717, 1.165) is 12.8 Å². The molecule has 25 heavy (non-hydrogen) atoms. The first-order valence-electron chi connectivity index (χ1n) is 8.79. The maximum Gasteiger partial charge on any atom is 0.305 e. The Labute approximate surface area is 147 Å². The van der Waals surface area contributed by atoms with E-state index >= 15 is 0 Å². The predicted molar refractivity (Wildman–Crippen MR) is 91.6 cm³/mol. The van der Waals surface area contributed by atoms with E-state index in [1.165, 1.54) is 20.0 Å². The number of benzene rings is 1. The van der Waals surface area contributed by atoms with Crippen LogP contribution in [-0.2, 0) is 9.59 Å². The number of hydrogen-bond acceptors (Lipinski definition) is 4. The number of carboxylic acid groups (broad SMARTS) is 1. The van der Waals surface area contributed by atoms with Crippen molar-refractivity contribution in [3.63, 3.8) is 0 Å². The number of carbonyl (C=O) groups excluding carboxylic acids is 1. The molecule has 2 aliphatic carbocycles. The van der Waals surface area contributed by atoms with Gasteiger partial charge in [-0.25, -0.2) is 0 Å². The fourth-order valence-corrected chi connectivity index (χ4v) is 4.17. The molecule has 6 nitrogen and oxygen atoms in total. The number of hydrogen-bond donors (Lipinski definition) is 2. The van der Waals surface area contributed by atoms with Crippen LogP contribution in [0.5, 0.6) is 11.5 Å². The summed E-state index contributed by atoms with van der Waals surface area (Å²) in [6, 6.07) is 4.59. The van der Waals surface area contributed by atoms with Gasteiger partial charge in [0.25, 0.3) is 0 Å². The van der Waals surface area contributed by atoms with Gasteiger partial charge in [0.15, 0.2) is 0 Å². The third-order valence-corrected chi connectivity index (χ3v) is 5.47. The number of carboxylic acids is 1. The summed E-state index contributed by atoms with van der Waals surface area (Å²) in [6.45, 7) is 0. The molecule has 2 N–H and O–H groups in total. The molecular formula is C19H25NO5. The molecule has 0 spiro atoms. The van der Waals surface area contributed by atoms with Gasteiger partial charge in [0.1, 0.15) is 11.5 Å². The van der Waals surface area contributed by atoms with Crippen molar-refractivity contribution in [3.8, 4) is 11.5 Å². The molecule has 0 heterocycles. The molecule has 0 aromatic heterocycles. The van der Waals surface area contributed by atoms with Crippen LogP contribution < -0.4 is 14.8 Å². The van der Waals surface area contributed by atoms with E-state index in [2.05, 4.69) is 5.32 Å². The van der Waals surface area contributed by atoms with Crippen molar-refractivity contribution in [1.29, 1.82) is 0 Å². The Balaban J connectivity index is 1.78. The summed E-state index contributed by atoms with van der Waals surface area (Å²) < 4.78 is 10.6. The Bertz CT molecular complexity index is 647. The van der Waals surface area contributed by atoms with Crippen LogP contribution in [0.25, 0.3) is 0 Å². The number of methoxy groups -OCH3 is 2. The Morgan fingerprint density at radius 2 is 1.88 bits per heavy atom. The van der Waals surface area contributed by atoms with Crippen molar-refractivity contribution in [2.24, 2.45) is 17.8 Å². The summed E-state index contributed by atoms with van der Waals surface area (Å²) in [5, 5.41) is 12.2. The van der Waals surface area contributed by atoms with Crippen LogP contribution in [0.4, 0.5) is 0 Å². The van der Waals surface area contributed by atoms with Gasteiger partial charge in [-0.2, -0.15) is 0 Å². The first-order chi connectivity index (χ1) is 12.0. The second-order valence-electron chi connectivity index (χ2n) is 6.90. The lowest BCUT2D eigenvalue weighted by molar-refractivity contribution is -0.137. The molecule has 0 saturated heterocycles. The molecule has 2 aliphatic rings. The molecule has 2 fully saturated rings. The Morgan fingerprint density at radius 3 is 2.44 bits per heavy atom. The average Bonchev–Trinajstić information content (AvgIpc) is 3.34. The molecule has 6 heteroatoms. The van der Waals surface area contributed by atoms with Crippen LogP contribution >= 0.6 is 0 Å². The smallest absolute Gasteiger partial charge is 0.305 e. The van der Waals surface area contributed by atoms with Gasteiger partial charge in [-0.15, -0.1) is 0 Å². The second kappa shape index (κ2) is 7.33. The van der Waals surface area contributed by atoms with E-state index < -0.39 is 12.0 Å². The average molecular weight is 347 g/mol. The third kappa shape index (κ3) is 3.72. The van der Waals surface area contributed by atoms with Crippen LogP contribution in [0.3, 0.4) is 0 Å². The molecule has 3 unspecified atom stereocenters. The molecule has 0 radical (unpaired) electrons. The second-order valence-corrected chi connectivity index (χ2v) is 6.90. The SMILES string of the molecule is COc1ccc(C(CC(=O)O)NC(=O)C2C3CCCCC32)c(OC)c1. The van der Waals surface area contributed by atoms with E-state index in [1.807, 2.05) is 0 Å². The summed E-state index contributed by atoms with van der Waals surface area (Å²) in [6.07, 6.45) is 4.42. The number of amides is 1. The normalized spacial score (nSPS) is 25.4. The quantitative estimate of drug-likeness (QED) is 0.792. The van der Waals surface area contributed by atoms with Gasteiger partial charge >= 0.3 is 5.97 Å². The molecule has 136 valence electrons. The highest BCUT2D eigenvalue weighted by Gasteiger charge is 2.54. The van der Waals surface area contributed by atoms with Crippen LogP contribution in [0, 0.1) is 17.8 Å². The molecule has 2 saturated carbocycles. The number of ether oxygens (including phenoxy) is 2. The van der Waals surface area contributed by atoms with Crippen LogP contribution in [0.2, 0.25) is 0 Å². The fraction of sp³-hybridized carbons (Fsp3) is 0.579. The maximum atomic E-state index is 12.7. The van der Waals surface area contributed by atoms with Gasteiger partial charge in [-0.3, -0.25) is 9.59 Å². The number of fused-ring (bicyclic) bond motifs is 1. The molecule has 0 bridgehead atoms. The van der Waals surface area contributed by atoms with Crippen molar-refractivity contribution in [2.45, 2.75) is 38.1 Å². The highest BCUT2D eigenvalue weighted by molar-refractivity contribution is 5.83. The first kappa shape index (κ1) is 17.6. The lowest BCUT2D eigenvalue weighted by atomic mass is 10.0. The minimum absolute atomic E-state index is 0.0268. The molecule has 3 atom stereocenters. The van der Waals surface area contributed by atoms with Gasteiger partial charge < -0.3 is 19.9 Å².